The number of carboxylic acid groups (broad SMARTS) is 1. The first kappa shape index (κ1) is 103. The first-order valence-corrected chi connectivity index (χ1v) is 50.6. The molecular weight excluding hydrogens is 1900 g/mol. The maximum atomic E-state index is 14.1. The quantitative estimate of drug-likeness (QED) is 0.0178. The van der Waals surface area contributed by atoms with Crippen molar-refractivity contribution in [2.75, 3.05) is 44.5 Å². The maximum Gasteiger partial charge on any atom is 0.333 e. The lowest BCUT2D eigenvalue weighted by Crippen LogP contribution is -2.39. The second kappa shape index (κ2) is 44.8. The number of aliphatic carboxylic acids is 1. The Kier molecular flexibility index (Phi) is 30.9. The molecule has 0 radical (unpaired) electrons. The molecule has 1 fully saturated rings. The Bertz CT molecular complexity index is 7110. The SMILES string of the molecule is COc1cc2c(cc1OCc1cc(COc3cc4c(cc3C)C(=O)N3c5ccccc5C[C@H]3CC4)cc(NC(=O)[C@H](C)CC(=O)[C@H](C)NC(=O)CCCCC(=O)O)c1)N=C[C@@H]1Cc3ccccc3N1C2=O.COc1cc2c(cc1OCc1cc(COc3cc4c(cc3C)C(=O)N3c5ccccc5C[C@H]3CC4)cc(NC(=O)[C@H](C)CC(=O)[C@H](C)NC(=O)CCCCC(=O)ON3C(=O)CCC3=O)c1)N=C[C@@H]1Cc3ccccc3N1C2=O. The lowest BCUT2D eigenvalue weighted by Gasteiger charge is -2.23. The van der Waals surface area contributed by atoms with Crippen LogP contribution in [0.5, 0.6) is 34.5 Å². The highest BCUT2D eigenvalue weighted by molar-refractivity contribution is 6.17. The van der Waals surface area contributed by atoms with E-state index >= 15 is 0 Å². The molecule has 5 N–H and O–H groups in total. The number of rotatable bonds is 37. The molecule has 0 saturated carbocycles. The van der Waals surface area contributed by atoms with Gasteiger partial charge in [-0.05, 0) is 256 Å². The number of hydroxylamine groups is 2. The van der Waals surface area contributed by atoms with Crippen LogP contribution < -0.4 is 69.3 Å². The number of nitrogens with zero attached hydrogens (tertiary/aromatic N) is 7. The smallest absolute Gasteiger partial charge is 0.333 e. The molecule has 768 valence electrons. The third-order valence-electron chi connectivity index (χ3n) is 28.7. The number of anilines is 6. The lowest BCUT2D eigenvalue weighted by molar-refractivity contribution is -0.197. The van der Waals surface area contributed by atoms with Crippen LogP contribution >= 0.6 is 0 Å². The molecule has 1 saturated heterocycles. The van der Waals surface area contributed by atoms with E-state index in [1.165, 1.54) is 25.3 Å². The summed E-state index contributed by atoms with van der Waals surface area (Å²) in [5.74, 6) is -4.51. The predicted molar refractivity (Wildman–Crippen MR) is 556 cm³/mol. The zero-order valence-corrected chi connectivity index (χ0v) is 84.2. The monoisotopic (exact) mass is 2020 g/mol. The predicted octanol–water partition coefficient (Wildman–Crippen LogP) is 16.8. The normalized spacial score (nSPS) is 17.3. The average Bonchev–Trinajstić information content (AvgIpc) is 1.62. The van der Waals surface area contributed by atoms with Crippen molar-refractivity contribution in [3.63, 3.8) is 0 Å². The van der Waals surface area contributed by atoms with Gasteiger partial charge in [0.05, 0.1) is 60.9 Å². The maximum absolute atomic E-state index is 14.1. The second-order valence-electron chi connectivity index (χ2n) is 39.5. The van der Waals surface area contributed by atoms with Gasteiger partial charge < -0.3 is 69.4 Å². The topological polar surface area (TPSA) is 413 Å². The van der Waals surface area contributed by atoms with E-state index in [-0.39, 0.29) is 156 Å². The lowest BCUT2D eigenvalue weighted by atomic mass is 9.98. The summed E-state index contributed by atoms with van der Waals surface area (Å²) in [7, 11) is 3.01. The minimum Gasteiger partial charge on any atom is -0.493 e. The number of hydrogen-bond donors (Lipinski definition) is 5. The first-order chi connectivity index (χ1) is 71.8. The van der Waals surface area contributed by atoms with Crippen LogP contribution in [-0.2, 0) is 118 Å². The molecule has 19 rings (SSSR count). The number of aliphatic imine (C=N–C) groups is 2. The Morgan fingerprint density at radius 2 is 0.745 bits per heavy atom. The number of unbranched alkanes of at least 4 members (excludes halogenated alkanes) is 2. The molecule has 33 heteroatoms. The summed E-state index contributed by atoms with van der Waals surface area (Å²) in [6.07, 6.45) is 10.5. The van der Waals surface area contributed by atoms with Crippen LogP contribution in [0.2, 0.25) is 0 Å². The number of carbonyl (C=O) groups excluding carboxylic acids is 13. The number of carbonyl (C=O) groups is 14. The molecular formula is C116H117N11O22. The Morgan fingerprint density at radius 1 is 0.389 bits per heavy atom. The van der Waals surface area contributed by atoms with Crippen LogP contribution in [0.1, 0.15) is 226 Å². The Balaban J connectivity index is 0.000000196. The standard InChI is InChI=1S/C60H60N6O12.C56H57N5O10/c1-34-21-45-39(17-18-43-26-40-11-5-7-13-48(40)64(43)59(45)73)28-51(34)76-32-37-23-38(33-77-53-30-47-46(29-52(53)75-4)60(74)65-44(31-61-47)27-41-12-6-8-14-49(41)65)25-42(24-37)63-58(72)35(2)22-50(67)36(3)62-54(68)15-9-10-16-57(71)78-66-55(69)19-20-56(66)70;1-32-19-43-37(17-18-41-24-38-11-5-7-13-46(38)60(41)55(43)67)26-49(32)70-30-35-21-36(23-40(22-35)59-54(66)33(2)20-48(62)34(3)58-52(63)15-9-10-16-53(64)65)31-71-51-28-45-44(27-50(51)69-4)56(68)61-42(29-57-45)25-39-12-6-8-14-47(39)61/h5-8,11-14,21,23-25,28-31,35-36,43-44H,9-10,15-20,22,26-27,32-33H2,1-4H3,(H,62,68)(H,63,72);5-8,11-14,19,21-23,26-29,33-34,41-42H,9-10,15-18,20,24-25,30-31H2,1-4H3,(H,58,63)(H,59,66)(H,64,65)/t35-,36+,43-,44+;33-,34+,41-,42+/m11/s1. The van der Waals surface area contributed by atoms with Crippen molar-refractivity contribution in [1.82, 2.24) is 15.7 Å². The third-order valence-corrected chi connectivity index (χ3v) is 28.7. The molecule has 10 aromatic rings. The largest absolute Gasteiger partial charge is 0.493 e. The van der Waals surface area contributed by atoms with Gasteiger partial charge >= 0.3 is 11.9 Å². The van der Waals surface area contributed by atoms with E-state index < -0.39 is 65.4 Å². The van der Waals surface area contributed by atoms with Gasteiger partial charge in [-0.25, -0.2) is 4.79 Å². The van der Waals surface area contributed by atoms with Crippen molar-refractivity contribution < 1.29 is 105 Å². The van der Waals surface area contributed by atoms with E-state index in [9.17, 15) is 67.1 Å². The summed E-state index contributed by atoms with van der Waals surface area (Å²) in [5.41, 5.74) is 18.1. The van der Waals surface area contributed by atoms with E-state index in [2.05, 4.69) is 33.4 Å². The van der Waals surface area contributed by atoms with Gasteiger partial charge in [-0.15, -0.1) is 5.06 Å². The molecule has 9 aliphatic heterocycles. The Hall–Kier alpha value is -16.5. The zero-order valence-electron chi connectivity index (χ0n) is 84.2. The molecule has 0 aromatic heterocycles. The van der Waals surface area contributed by atoms with Gasteiger partial charge in [0.25, 0.3) is 35.4 Å². The van der Waals surface area contributed by atoms with Crippen molar-refractivity contribution in [1.29, 1.82) is 0 Å². The number of ether oxygens (including phenoxy) is 6. The minimum absolute atomic E-state index is 0.00236. The average molecular weight is 2020 g/mol. The number of imide groups is 1. The molecule has 10 aromatic carbocycles. The van der Waals surface area contributed by atoms with Crippen LogP contribution in [0, 0.1) is 25.7 Å². The van der Waals surface area contributed by atoms with Crippen LogP contribution in [0.15, 0.2) is 192 Å². The summed E-state index contributed by atoms with van der Waals surface area (Å²) in [6.45, 7) is 10.4. The summed E-state index contributed by atoms with van der Waals surface area (Å²) >= 11 is 0. The molecule has 0 aliphatic carbocycles. The number of ketones is 2. The van der Waals surface area contributed by atoms with Crippen LogP contribution in [0.25, 0.3) is 0 Å². The van der Waals surface area contributed by atoms with Crippen molar-refractivity contribution in [2.24, 2.45) is 21.8 Å². The zero-order chi connectivity index (χ0) is 105. The van der Waals surface area contributed by atoms with Crippen LogP contribution in [-0.4, -0.2) is 156 Å². The van der Waals surface area contributed by atoms with Gasteiger partial charge in [0, 0.05) is 158 Å². The number of para-hydroxylation sites is 4. The van der Waals surface area contributed by atoms with Crippen LogP contribution in [0.3, 0.4) is 0 Å². The summed E-state index contributed by atoms with van der Waals surface area (Å²) in [4.78, 5) is 204. The number of benzene rings is 10. The fraction of sp³-hybridized carbons (Fsp3) is 0.345. The van der Waals surface area contributed by atoms with Gasteiger partial charge in [-0.1, -0.05) is 86.6 Å². The summed E-state index contributed by atoms with van der Waals surface area (Å²) in [5, 5.41) is 20.6. The number of methoxy groups -OCH3 is 2. The highest BCUT2D eigenvalue weighted by Crippen LogP contribution is 2.47. The molecule has 10 amide bonds. The van der Waals surface area contributed by atoms with E-state index in [0.29, 0.717) is 145 Å². The minimum atomic E-state index is -0.933. The fourth-order valence-corrected chi connectivity index (χ4v) is 20.8. The van der Waals surface area contributed by atoms with Crippen molar-refractivity contribution in [3.05, 3.63) is 271 Å². The summed E-state index contributed by atoms with van der Waals surface area (Å²) in [6, 6.07) is 55.1. The first-order valence-electron chi connectivity index (χ1n) is 50.6. The van der Waals surface area contributed by atoms with Crippen LogP contribution in [0.4, 0.5) is 45.5 Å². The van der Waals surface area contributed by atoms with Gasteiger partial charge in [0.2, 0.25) is 23.6 Å². The number of aryl methyl sites for hydroxylation is 4. The molecule has 9 aliphatic rings. The molecule has 149 heavy (non-hydrogen) atoms. The fourth-order valence-electron chi connectivity index (χ4n) is 20.8. The van der Waals surface area contributed by atoms with E-state index in [1.807, 2.05) is 145 Å². The molecule has 33 nitrogen and oxygen atoms in total. The van der Waals surface area contributed by atoms with Gasteiger partial charge in [-0.3, -0.25) is 82.1 Å². The number of amides is 10. The molecule has 0 unspecified atom stereocenters. The third kappa shape index (κ3) is 22.9. The molecule has 0 spiro atoms. The highest BCUT2D eigenvalue weighted by Gasteiger charge is 2.44. The highest BCUT2D eigenvalue weighted by atomic mass is 16.7. The molecule has 0 bridgehead atoms. The van der Waals surface area contributed by atoms with Gasteiger partial charge in [-0.2, -0.15) is 0 Å². The van der Waals surface area contributed by atoms with Gasteiger partial charge in [0.15, 0.2) is 34.6 Å². The van der Waals surface area contributed by atoms with Gasteiger partial charge in [0.1, 0.15) is 37.9 Å². The second-order valence-corrected chi connectivity index (χ2v) is 39.5. The van der Waals surface area contributed by atoms with Crippen molar-refractivity contribution in [3.8, 4) is 34.5 Å². The number of Topliss-reactive ketones (excluding diaryl/α,β-unsaturated/α-hetero) is 2. The Labute approximate surface area is 861 Å². The number of fused-ring (bicyclic) bond motifs is 16. The van der Waals surface area contributed by atoms with Crippen molar-refractivity contribution in [2.45, 2.75) is 233 Å². The molecule has 8 atom stereocenters. The van der Waals surface area contributed by atoms with E-state index in [1.54, 1.807) is 98.5 Å². The number of hydrogen-bond acceptors (Lipinski definition) is 23. The molecule has 9 heterocycles. The van der Waals surface area contributed by atoms with E-state index in [4.69, 9.17) is 48.4 Å². The summed E-state index contributed by atoms with van der Waals surface area (Å²) < 4.78 is 37.4. The Morgan fingerprint density at radius 3 is 1.13 bits per heavy atom. The van der Waals surface area contributed by atoms with Crippen molar-refractivity contribution >= 4 is 141 Å². The number of carboxylic acids is 1. The number of nitrogens with one attached hydrogen (secondary N) is 4. The van der Waals surface area contributed by atoms with E-state index in [0.717, 1.165) is 81.8 Å².